The van der Waals surface area contributed by atoms with E-state index in [4.69, 9.17) is 11.6 Å². The average molecular weight is 455 g/mol. The second-order valence-corrected chi connectivity index (χ2v) is 8.61. The predicted molar refractivity (Wildman–Crippen MR) is 122 cm³/mol. The largest absolute Gasteiger partial charge is 0.326 e. The van der Waals surface area contributed by atoms with Crippen molar-refractivity contribution in [3.63, 3.8) is 0 Å². The Kier molecular flexibility index (Phi) is 6.11. The summed E-state index contributed by atoms with van der Waals surface area (Å²) in [5.41, 5.74) is 2.35. The summed E-state index contributed by atoms with van der Waals surface area (Å²) in [6.07, 6.45) is -0.121. The summed E-state index contributed by atoms with van der Waals surface area (Å²) in [6, 6.07) is 14.7. The molecule has 1 aliphatic rings. The van der Waals surface area contributed by atoms with E-state index in [-0.39, 0.29) is 23.7 Å². The number of carbonyl (C=O) groups excluding carboxylic acids is 2. The van der Waals surface area contributed by atoms with Crippen LogP contribution in [0, 0.1) is 6.92 Å². The van der Waals surface area contributed by atoms with Crippen LogP contribution < -0.4 is 16.2 Å². The first-order valence-corrected chi connectivity index (χ1v) is 10.9. The van der Waals surface area contributed by atoms with E-state index >= 15 is 0 Å². The predicted octanol–water partition coefficient (Wildman–Crippen LogP) is 4.09. The maximum atomic E-state index is 12.9. The second-order valence-electron chi connectivity index (χ2n) is 7.21. The fraction of sp³-hybridized carbons (Fsp3) is 0.182. The van der Waals surface area contributed by atoms with Crippen LogP contribution in [0.4, 0.5) is 11.5 Å². The average Bonchev–Trinajstić information content (AvgIpc) is 2.73. The van der Waals surface area contributed by atoms with Crippen molar-refractivity contribution >= 4 is 46.7 Å². The van der Waals surface area contributed by atoms with Crippen molar-refractivity contribution in [1.82, 2.24) is 9.97 Å². The third kappa shape index (κ3) is 4.98. The van der Waals surface area contributed by atoms with Crippen molar-refractivity contribution in [1.29, 1.82) is 0 Å². The van der Waals surface area contributed by atoms with E-state index < -0.39 is 17.4 Å². The number of rotatable bonds is 5. The lowest BCUT2D eigenvalue weighted by atomic mass is 9.92. The number of nitrogens with one attached hydrogen (secondary N) is 3. The van der Waals surface area contributed by atoms with Crippen LogP contribution in [-0.4, -0.2) is 21.8 Å². The van der Waals surface area contributed by atoms with Crippen LogP contribution in [0.25, 0.3) is 0 Å². The summed E-state index contributed by atoms with van der Waals surface area (Å²) >= 11 is 7.31. The van der Waals surface area contributed by atoms with E-state index in [1.54, 1.807) is 18.2 Å². The molecule has 9 heteroatoms. The molecular weight excluding hydrogens is 436 g/mol. The number of hydrogen-bond donors (Lipinski definition) is 3. The number of halogens is 1. The number of thioether (sulfide) groups is 1. The molecule has 0 saturated carbocycles. The molecule has 1 unspecified atom stereocenters. The van der Waals surface area contributed by atoms with E-state index in [1.165, 1.54) is 11.8 Å². The highest BCUT2D eigenvalue weighted by Gasteiger charge is 2.34. The molecule has 31 heavy (non-hydrogen) atoms. The molecule has 2 aromatic carbocycles. The molecule has 0 bridgehead atoms. The monoisotopic (exact) mass is 454 g/mol. The SMILES string of the molecule is Cc1ccc(NC(=O)C2CC(=O)Nc3nc(SCc4cccc(Cl)c4)[nH]c(=O)c32)cc1. The van der Waals surface area contributed by atoms with Crippen molar-refractivity contribution in [2.24, 2.45) is 0 Å². The summed E-state index contributed by atoms with van der Waals surface area (Å²) in [4.78, 5) is 45.0. The summed E-state index contributed by atoms with van der Waals surface area (Å²) in [7, 11) is 0. The Hall–Kier alpha value is -3.10. The Labute approximate surface area is 187 Å². The number of hydrogen-bond acceptors (Lipinski definition) is 5. The molecule has 0 fully saturated rings. The molecule has 2 amide bonds. The van der Waals surface area contributed by atoms with Gasteiger partial charge in [0, 0.05) is 22.9 Å². The lowest BCUT2D eigenvalue weighted by Crippen LogP contribution is -2.36. The molecule has 1 atom stereocenters. The van der Waals surface area contributed by atoms with Crippen LogP contribution in [0.15, 0.2) is 58.5 Å². The molecule has 1 aromatic heterocycles. The third-order valence-electron chi connectivity index (χ3n) is 4.83. The van der Waals surface area contributed by atoms with Crippen LogP contribution in [0.5, 0.6) is 0 Å². The van der Waals surface area contributed by atoms with Crippen molar-refractivity contribution < 1.29 is 9.59 Å². The van der Waals surface area contributed by atoms with Crippen LogP contribution in [0.3, 0.4) is 0 Å². The minimum absolute atomic E-state index is 0.121. The molecule has 3 aromatic rings. The van der Waals surface area contributed by atoms with E-state index in [0.29, 0.717) is 21.6 Å². The first-order valence-electron chi connectivity index (χ1n) is 9.58. The van der Waals surface area contributed by atoms with Gasteiger partial charge < -0.3 is 15.6 Å². The van der Waals surface area contributed by atoms with E-state index in [1.807, 2.05) is 37.3 Å². The maximum absolute atomic E-state index is 12.9. The first kappa shape index (κ1) is 21.1. The van der Waals surface area contributed by atoms with Crippen LogP contribution in [-0.2, 0) is 15.3 Å². The number of nitrogens with zero attached hydrogens (tertiary/aromatic N) is 1. The van der Waals surface area contributed by atoms with Gasteiger partial charge in [0.25, 0.3) is 5.56 Å². The number of anilines is 2. The van der Waals surface area contributed by atoms with Crippen LogP contribution in [0.2, 0.25) is 5.02 Å². The molecule has 2 heterocycles. The summed E-state index contributed by atoms with van der Waals surface area (Å²) in [5, 5.41) is 6.37. The third-order valence-corrected chi connectivity index (χ3v) is 6.01. The number of aromatic nitrogens is 2. The number of benzene rings is 2. The standard InChI is InChI=1S/C22H19ClN4O3S/c1-12-5-7-15(8-6-12)24-20(29)16-10-17(28)25-19-18(16)21(30)27-22(26-19)31-11-13-3-2-4-14(23)9-13/h2-9,16H,10-11H2,1H3,(H,24,29)(H2,25,26,27,28,30). The Morgan fingerprint density at radius 1 is 1.23 bits per heavy atom. The van der Waals surface area contributed by atoms with Crippen molar-refractivity contribution in [3.8, 4) is 0 Å². The van der Waals surface area contributed by atoms with E-state index in [2.05, 4.69) is 20.6 Å². The fourth-order valence-corrected chi connectivity index (χ4v) is 4.30. The minimum Gasteiger partial charge on any atom is -0.326 e. The van der Waals surface area contributed by atoms with Crippen LogP contribution in [0.1, 0.15) is 29.0 Å². The number of H-pyrrole nitrogens is 1. The molecule has 0 saturated heterocycles. The molecule has 7 nitrogen and oxygen atoms in total. The van der Waals surface area contributed by atoms with Gasteiger partial charge in [0.15, 0.2) is 5.16 Å². The maximum Gasteiger partial charge on any atom is 0.257 e. The molecule has 0 spiro atoms. The van der Waals surface area contributed by atoms with E-state index in [0.717, 1.165) is 11.1 Å². The van der Waals surface area contributed by atoms with E-state index in [9.17, 15) is 14.4 Å². The second kappa shape index (κ2) is 8.95. The summed E-state index contributed by atoms with van der Waals surface area (Å²) in [5.74, 6) is -1.05. The van der Waals surface area contributed by atoms with Gasteiger partial charge in [-0.25, -0.2) is 4.98 Å². The van der Waals surface area contributed by atoms with Gasteiger partial charge in [0.2, 0.25) is 11.8 Å². The van der Waals surface area contributed by atoms with Crippen molar-refractivity contribution in [2.45, 2.75) is 30.2 Å². The normalized spacial score (nSPS) is 15.2. The number of fused-ring (bicyclic) bond motifs is 1. The van der Waals surface area contributed by atoms with Gasteiger partial charge in [-0.05, 0) is 36.8 Å². The van der Waals surface area contributed by atoms with Crippen molar-refractivity contribution in [2.75, 3.05) is 10.6 Å². The highest BCUT2D eigenvalue weighted by Crippen LogP contribution is 2.31. The highest BCUT2D eigenvalue weighted by atomic mass is 35.5. The lowest BCUT2D eigenvalue weighted by molar-refractivity contribution is -0.123. The highest BCUT2D eigenvalue weighted by molar-refractivity contribution is 7.98. The zero-order chi connectivity index (χ0) is 22.0. The van der Waals surface area contributed by atoms with Gasteiger partial charge in [0.1, 0.15) is 5.82 Å². The molecular formula is C22H19ClN4O3S. The van der Waals surface area contributed by atoms with Gasteiger partial charge in [-0.2, -0.15) is 0 Å². The molecule has 0 radical (unpaired) electrons. The Morgan fingerprint density at radius 2 is 2.00 bits per heavy atom. The quantitative estimate of drug-likeness (QED) is 0.398. The smallest absolute Gasteiger partial charge is 0.257 e. The van der Waals surface area contributed by atoms with Gasteiger partial charge in [-0.1, -0.05) is 53.2 Å². The Morgan fingerprint density at radius 3 is 2.74 bits per heavy atom. The number of aryl methyl sites for hydroxylation is 1. The number of amides is 2. The summed E-state index contributed by atoms with van der Waals surface area (Å²) < 4.78 is 0. The van der Waals surface area contributed by atoms with Crippen molar-refractivity contribution in [3.05, 3.63) is 80.6 Å². The summed E-state index contributed by atoms with van der Waals surface area (Å²) in [6.45, 7) is 1.94. The zero-order valence-electron chi connectivity index (χ0n) is 16.6. The molecule has 158 valence electrons. The van der Waals surface area contributed by atoms with Gasteiger partial charge in [-0.3, -0.25) is 14.4 Å². The van der Waals surface area contributed by atoms with Gasteiger partial charge >= 0.3 is 0 Å². The van der Waals surface area contributed by atoms with Gasteiger partial charge in [0.05, 0.1) is 11.5 Å². The number of aromatic amines is 1. The molecule has 1 aliphatic heterocycles. The minimum atomic E-state index is -0.923. The molecule has 3 N–H and O–H groups in total. The first-order chi connectivity index (χ1) is 14.9. The van der Waals surface area contributed by atoms with Gasteiger partial charge in [-0.15, -0.1) is 0 Å². The number of carbonyl (C=O) groups is 2. The molecule has 0 aliphatic carbocycles. The van der Waals surface area contributed by atoms with Crippen LogP contribution >= 0.6 is 23.4 Å². The molecule has 4 rings (SSSR count). The lowest BCUT2D eigenvalue weighted by Gasteiger charge is -2.23. The Bertz CT molecular complexity index is 1210. The topological polar surface area (TPSA) is 104 Å². The zero-order valence-corrected chi connectivity index (χ0v) is 18.1. The Balaban J connectivity index is 1.57. The fourth-order valence-electron chi connectivity index (χ4n) is 3.29.